The number of rotatable bonds is 7. The normalized spacial score (nSPS) is 17.2. The lowest BCUT2D eigenvalue weighted by Crippen LogP contribution is -2.42. The van der Waals surface area contributed by atoms with Crippen molar-refractivity contribution >= 4 is 28.3 Å². The van der Waals surface area contributed by atoms with Gasteiger partial charge < -0.3 is 19.1 Å². The van der Waals surface area contributed by atoms with Gasteiger partial charge in [0.1, 0.15) is 23.3 Å². The smallest absolute Gasteiger partial charge is 0.274 e. The fourth-order valence-corrected chi connectivity index (χ4v) is 4.17. The lowest BCUT2D eigenvalue weighted by molar-refractivity contribution is 0.0645. The van der Waals surface area contributed by atoms with Crippen LogP contribution in [0, 0.1) is 6.92 Å². The molecule has 0 aliphatic carbocycles. The van der Waals surface area contributed by atoms with E-state index in [9.17, 15) is 9.59 Å². The van der Waals surface area contributed by atoms with Gasteiger partial charge in [-0.3, -0.25) is 14.9 Å². The molecule has 10 nitrogen and oxygen atoms in total. The van der Waals surface area contributed by atoms with E-state index in [1.165, 1.54) is 23.7 Å². The van der Waals surface area contributed by atoms with E-state index in [1.807, 2.05) is 12.3 Å². The van der Waals surface area contributed by atoms with Gasteiger partial charge >= 0.3 is 0 Å². The second-order valence-corrected chi connectivity index (χ2v) is 8.89. The van der Waals surface area contributed by atoms with Gasteiger partial charge in [-0.1, -0.05) is 0 Å². The first-order valence-corrected chi connectivity index (χ1v) is 11.8. The molecule has 1 aromatic carbocycles. The average molecular weight is 482 g/mol. The maximum Gasteiger partial charge on any atom is 0.274 e. The molecule has 2 aromatic heterocycles. The van der Waals surface area contributed by atoms with Crippen molar-refractivity contribution in [3.8, 4) is 17.4 Å². The van der Waals surface area contributed by atoms with Crippen molar-refractivity contribution in [3.05, 3.63) is 52.9 Å². The Hall–Kier alpha value is -3.57. The largest absolute Gasteiger partial charge is 0.488 e. The molecule has 1 unspecified atom stereocenters. The highest BCUT2D eigenvalue weighted by atomic mass is 32.1. The molecule has 176 valence electrons. The minimum atomic E-state index is -0.339. The van der Waals surface area contributed by atoms with Gasteiger partial charge in [0.25, 0.3) is 11.8 Å². The Balaban J connectivity index is 1.35. The minimum absolute atomic E-state index is 0.0978. The van der Waals surface area contributed by atoms with Gasteiger partial charge in [0, 0.05) is 36.5 Å². The number of thiazole rings is 1. The number of carbonyl (C=O) groups is 2. The Kier molecular flexibility index (Phi) is 6.37. The summed E-state index contributed by atoms with van der Waals surface area (Å²) in [6.45, 7) is 4.46. The van der Waals surface area contributed by atoms with Crippen molar-refractivity contribution in [1.82, 2.24) is 19.9 Å². The van der Waals surface area contributed by atoms with E-state index >= 15 is 0 Å². The van der Waals surface area contributed by atoms with E-state index < -0.39 is 0 Å². The number of carbonyl (C=O) groups excluding carboxylic acids is 2. The number of aryl methyl sites for hydroxylation is 1. The number of nitrogens with one attached hydrogen (secondary N) is 1. The third kappa shape index (κ3) is 5.15. The van der Waals surface area contributed by atoms with Crippen LogP contribution in [0.3, 0.4) is 0 Å². The summed E-state index contributed by atoms with van der Waals surface area (Å²) in [5, 5.41) is 5.16. The Morgan fingerprint density at radius 2 is 2.03 bits per heavy atom. The van der Waals surface area contributed by atoms with Gasteiger partial charge in [0.05, 0.1) is 31.3 Å². The summed E-state index contributed by atoms with van der Waals surface area (Å²) in [4.78, 5) is 39.6. The van der Waals surface area contributed by atoms with Crippen LogP contribution in [-0.2, 0) is 4.74 Å². The van der Waals surface area contributed by atoms with Crippen molar-refractivity contribution in [2.75, 3.05) is 31.6 Å². The molecule has 0 spiro atoms. The number of amides is 2. The molecule has 1 atom stereocenters. The maximum absolute atomic E-state index is 12.9. The molecule has 0 radical (unpaired) electrons. The lowest BCUT2D eigenvalue weighted by Gasteiger charge is -2.30. The van der Waals surface area contributed by atoms with E-state index in [-0.39, 0.29) is 29.5 Å². The molecule has 2 aliphatic heterocycles. The molecule has 2 fully saturated rings. The fourth-order valence-electron chi connectivity index (χ4n) is 3.49. The second kappa shape index (κ2) is 9.74. The number of anilines is 1. The van der Waals surface area contributed by atoms with E-state index in [4.69, 9.17) is 14.2 Å². The predicted molar refractivity (Wildman–Crippen MR) is 124 cm³/mol. The number of nitrogens with zero attached hydrogens (tertiary/aromatic N) is 4. The second-order valence-electron chi connectivity index (χ2n) is 8.03. The van der Waals surface area contributed by atoms with Gasteiger partial charge in [-0.05, 0) is 25.5 Å². The zero-order chi connectivity index (χ0) is 23.5. The van der Waals surface area contributed by atoms with Crippen molar-refractivity contribution in [1.29, 1.82) is 0 Å². The van der Waals surface area contributed by atoms with Crippen LogP contribution in [0.25, 0.3) is 0 Å². The third-order valence-corrected chi connectivity index (χ3v) is 6.26. The molecular formula is C23H23N5O5S. The molecule has 3 aromatic rings. The van der Waals surface area contributed by atoms with Gasteiger partial charge in [-0.15, -0.1) is 11.3 Å². The van der Waals surface area contributed by atoms with Crippen LogP contribution in [0.5, 0.6) is 17.4 Å². The van der Waals surface area contributed by atoms with Crippen LogP contribution in [0.15, 0.2) is 36.0 Å². The maximum atomic E-state index is 12.9. The minimum Gasteiger partial charge on any atom is -0.488 e. The SMILES string of the molecule is Cc1csc(NC(=O)c2cc(Oc3cnc(C(=O)N4CCC4)cn3)cc(OC3CCOC3)c2)n1. The van der Waals surface area contributed by atoms with Crippen molar-refractivity contribution in [2.24, 2.45) is 0 Å². The standard InChI is InChI=1S/C23H23N5O5S/c1-14-13-34-23(26-14)27-21(29)15-7-17(32-16-3-6-31-12-16)9-18(8-15)33-20-11-24-19(10-25-20)22(30)28-4-2-5-28/h7-11,13,16H,2-6,12H2,1H3,(H,26,27,29). The zero-order valence-corrected chi connectivity index (χ0v) is 19.3. The summed E-state index contributed by atoms with van der Waals surface area (Å²) < 4.78 is 17.3. The number of hydrogen-bond donors (Lipinski definition) is 1. The highest BCUT2D eigenvalue weighted by Crippen LogP contribution is 2.29. The Labute approximate surface area is 199 Å². The number of benzene rings is 1. The molecule has 34 heavy (non-hydrogen) atoms. The van der Waals surface area contributed by atoms with Gasteiger partial charge in [0.15, 0.2) is 5.13 Å². The fraction of sp³-hybridized carbons (Fsp3) is 0.348. The number of hydrogen-bond acceptors (Lipinski definition) is 9. The number of likely N-dealkylation sites (tertiary alicyclic amines) is 1. The van der Waals surface area contributed by atoms with Gasteiger partial charge in [-0.2, -0.15) is 0 Å². The van der Waals surface area contributed by atoms with Crippen LogP contribution in [0.2, 0.25) is 0 Å². The highest BCUT2D eigenvalue weighted by molar-refractivity contribution is 7.13. The average Bonchev–Trinajstić information content (AvgIpc) is 3.44. The summed E-state index contributed by atoms with van der Waals surface area (Å²) in [5.74, 6) is 0.548. The van der Waals surface area contributed by atoms with Crippen molar-refractivity contribution in [3.63, 3.8) is 0 Å². The lowest BCUT2D eigenvalue weighted by atomic mass is 10.2. The Morgan fingerprint density at radius 1 is 1.18 bits per heavy atom. The Morgan fingerprint density at radius 3 is 2.68 bits per heavy atom. The summed E-state index contributed by atoms with van der Waals surface area (Å²) >= 11 is 1.35. The molecule has 0 saturated carbocycles. The van der Waals surface area contributed by atoms with E-state index in [2.05, 4.69) is 20.3 Å². The molecule has 11 heteroatoms. The van der Waals surface area contributed by atoms with Crippen LogP contribution in [-0.4, -0.2) is 64.1 Å². The zero-order valence-electron chi connectivity index (χ0n) is 18.5. The van der Waals surface area contributed by atoms with Crippen molar-refractivity contribution < 1.29 is 23.8 Å². The first-order chi connectivity index (χ1) is 16.5. The topological polar surface area (TPSA) is 116 Å². The molecule has 2 amide bonds. The molecule has 5 rings (SSSR count). The van der Waals surface area contributed by atoms with Crippen LogP contribution in [0.1, 0.15) is 39.4 Å². The quantitative estimate of drug-likeness (QED) is 0.547. The summed E-state index contributed by atoms with van der Waals surface area (Å²) in [7, 11) is 0. The van der Waals surface area contributed by atoms with Gasteiger partial charge in [0.2, 0.25) is 5.88 Å². The summed E-state index contributed by atoms with van der Waals surface area (Å²) in [6, 6.07) is 4.93. The van der Waals surface area contributed by atoms with E-state index in [0.29, 0.717) is 35.4 Å². The number of ether oxygens (including phenoxy) is 3. The monoisotopic (exact) mass is 481 g/mol. The summed E-state index contributed by atoms with van der Waals surface area (Å²) in [5.41, 5.74) is 1.44. The molecule has 0 bridgehead atoms. The van der Waals surface area contributed by atoms with Crippen LogP contribution in [0.4, 0.5) is 5.13 Å². The first-order valence-electron chi connectivity index (χ1n) is 11.0. The molecular weight excluding hydrogens is 458 g/mol. The molecule has 2 aliphatic rings. The molecule has 1 N–H and O–H groups in total. The van der Waals surface area contributed by atoms with Crippen LogP contribution >= 0.6 is 11.3 Å². The van der Waals surface area contributed by atoms with Crippen LogP contribution < -0.4 is 14.8 Å². The Bertz CT molecular complexity index is 1190. The summed E-state index contributed by atoms with van der Waals surface area (Å²) in [6.07, 6.45) is 4.46. The third-order valence-electron chi connectivity index (χ3n) is 5.39. The predicted octanol–water partition coefficient (Wildman–Crippen LogP) is 3.30. The van der Waals surface area contributed by atoms with E-state index in [0.717, 1.165) is 31.6 Å². The van der Waals surface area contributed by atoms with Crippen molar-refractivity contribution in [2.45, 2.75) is 25.9 Å². The number of aromatic nitrogens is 3. The van der Waals surface area contributed by atoms with E-state index in [1.54, 1.807) is 23.1 Å². The first kappa shape index (κ1) is 22.2. The molecule has 2 saturated heterocycles. The molecule has 4 heterocycles. The van der Waals surface area contributed by atoms with Gasteiger partial charge in [-0.25, -0.2) is 15.0 Å². The highest BCUT2D eigenvalue weighted by Gasteiger charge is 2.23.